The van der Waals surface area contributed by atoms with E-state index in [0.29, 0.717) is 0 Å². The van der Waals surface area contributed by atoms with E-state index in [1.807, 2.05) is 13.8 Å². The van der Waals surface area contributed by atoms with Crippen molar-refractivity contribution in [1.82, 2.24) is 10.2 Å². The maximum absolute atomic E-state index is 12.2. The molecule has 0 unspecified atom stereocenters. The van der Waals surface area contributed by atoms with Gasteiger partial charge < -0.3 is 20.4 Å². The first kappa shape index (κ1) is 16.8. The van der Waals surface area contributed by atoms with Crippen LogP contribution in [0.25, 0.3) is 0 Å². The molecular formula is C14H26N2O4. The Balaban J connectivity index is 2.72. The van der Waals surface area contributed by atoms with Crippen LogP contribution in [0.5, 0.6) is 0 Å². The van der Waals surface area contributed by atoms with Gasteiger partial charge in [-0.15, -0.1) is 0 Å². The summed E-state index contributed by atoms with van der Waals surface area (Å²) in [7, 11) is 0. The first-order valence-electron chi connectivity index (χ1n) is 6.91. The topological polar surface area (TPSA) is 89.9 Å². The normalized spacial score (nSPS) is 23.8. The summed E-state index contributed by atoms with van der Waals surface area (Å²) in [4.78, 5) is 24.6. The lowest BCUT2D eigenvalue weighted by molar-refractivity contribution is -0.141. The highest BCUT2D eigenvalue weighted by molar-refractivity contribution is 5.83. The summed E-state index contributed by atoms with van der Waals surface area (Å²) in [6.07, 6.45) is 0.0788. The molecule has 1 heterocycles. The van der Waals surface area contributed by atoms with Gasteiger partial charge in [0.25, 0.3) is 0 Å². The van der Waals surface area contributed by atoms with E-state index in [4.69, 9.17) is 5.11 Å². The highest BCUT2D eigenvalue weighted by atomic mass is 16.4. The monoisotopic (exact) mass is 286 g/mol. The molecule has 116 valence electrons. The second-order valence-electron chi connectivity index (χ2n) is 7.45. The number of nitrogens with one attached hydrogen (secondary N) is 1. The van der Waals surface area contributed by atoms with Crippen molar-refractivity contribution in [3.63, 3.8) is 0 Å². The predicted octanol–water partition coefficient (Wildman–Crippen LogP) is 1.43. The van der Waals surface area contributed by atoms with Crippen molar-refractivity contribution in [3.8, 4) is 0 Å². The number of aliphatic carboxylic acids is 1. The molecule has 0 aromatic carbocycles. The molecule has 0 aliphatic carbocycles. The number of nitrogens with zero attached hydrogens (tertiary/aromatic N) is 1. The minimum Gasteiger partial charge on any atom is -0.480 e. The molecule has 0 aromatic heterocycles. The van der Waals surface area contributed by atoms with Gasteiger partial charge in [-0.25, -0.2) is 9.59 Å². The van der Waals surface area contributed by atoms with Crippen LogP contribution >= 0.6 is 0 Å². The number of β-amino-alcohol motifs (C(OH)–C–C–N with tert-alkyl or cyclic N) is 1. The van der Waals surface area contributed by atoms with Gasteiger partial charge in [0.15, 0.2) is 0 Å². The number of hydrogen-bond acceptors (Lipinski definition) is 3. The quantitative estimate of drug-likeness (QED) is 0.732. The van der Waals surface area contributed by atoms with Gasteiger partial charge in [0.1, 0.15) is 6.04 Å². The molecular weight excluding hydrogens is 260 g/mol. The zero-order valence-electron chi connectivity index (χ0n) is 12.9. The van der Waals surface area contributed by atoms with E-state index in [1.165, 1.54) is 4.90 Å². The zero-order chi connectivity index (χ0) is 15.7. The van der Waals surface area contributed by atoms with Gasteiger partial charge in [-0.05, 0) is 25.7 Å². The van der Waals surface area contributed by atoms with Crippen molar-refractivity contribution in [1.29, 1.82) is 0 Å². The summed E-state index contributed by atoms with van der Waals surface area (Å²) >= 11 is 0. The first-order valence-corrected chi connectivity index (χ1v) is 6.91. The number of carboxylic acid groups (broad SMARTS) is 1. The lowest BCUT2D eigenvalue weighted by atomic mass is 9.82. The molecule has 1 fully saturated rings. The summed E-state index contributed by atoms with van der Waals surface area (Å²) in [5.74, 6) is -1.08. The third-order valence-electron chi connectivity index (χ3n) is 3.24. The number of hydrogen-bond donors (Lipinski definition) is 3. The predicted molar refractivity (Wildman–Crippen MR) is 75.4 cm³/mol. The van der Waals surface area contributed by atoms with Gasteiger partial charge >= 0.3 is 12.0 Å². The molecule has 6 heteroatoms. The number of carbonyl (C=O) groups excluding carboxylic acids is 1. The molecule has 20 heavy (non-hydrogen) atoms. The maximum atomic E-state index is 12.2. The van der Waals surface area contributed by atoms with Crippen molar-refractivity contribution >= 4 is 12.0 Å². The first-order chi connectivity index (χ1) is 8.91. The van der Waals surface area contributed by atoms with Crippen molar-refractivity contribution in [3.05, 3.63) is 0 Å². The smallest absolute Gasteiger partial charge is 0.326 e. The number of aliphatic hydroxyl groups excluding tert-OH is 1. The van der Waals surface area contributed by atoms with E-state index < -0.39 is 29.7 Å². The molecule has 1 rings (SSSR count). The van der Waals surface area contributed by atoms with Crippen LogP contribution in [0.3, 0.4) is 0 Å². The number of urea groups is 1. The number of carbonyl (C=O) groups is 2. The van der Waals surface area contributed by atoms with Gasteiger partial charge in [-0.2, -0.15) is 0 Å². The average molecular weight is 286 g/mol. The molecule has 2 amide bonds. The van der Waals surface area contributed by atoms with Crippen LogP contribution in [0, 0.1) is 5.41 Å². The molecule has 1 aliphatic heterocycles. The molecule has 0 radical (unpaired) electrons. The van der Waals surface area contributed by atoms with Gasteiger partial charge in [-0.1, -0.05) is 20.8 Å². The number of aliphatic hydroxyl groups is 1. The molecule has 1 aliphatic rings. The van der Waals surface area contributed by atoms with Crippen molar-refractivity contribution in [2.75, 3.05) is 6.54 Å². The van der Waals surface area contributed by atoms with E-state index in [0.717, 1.165) is 6.42 Å². The van der Waals surface area contributed by atoms with Crippen LogP contribution in [0.4, 0.5) is 4.79 Å². The average Bonchev–Trinajstić information content (AvgIpc) is 2.55. The SMILES string of the molecule is CC(C)(C)CC(C)(C)NC(=O)N1C[C@H](O)C[C@H]1C(=O)O. The third-order valence-corrected chi connectivity index (χ3v) is 3.24. The summed E-state index contributed by atoms with van der Waals surface area (Å²) < 4.78 is 0. The minimum absolute atomic E-state index is 0.0491. The lowest BCUT2D eigenvalue weighted by Gasteiger charge is -2.35. The fourth-order valence-electron chi connectivity index (χ4n) is 3.00. The van der Waals surface area contributed by atoms with Crippen molar-refractivity contribution < 1.29 is 19.8 Å². The maximum Gasteiger partial charge on any atom is 0.326 e. The number of carboxylic acids is 1. The number of amides is 2. The summed E-state index contributed by atoms with van der Waals surface area (Å²) in [5.41, 5.74) is -0.389. The standard InChI is InChI=1S/C14H26N2O4/c1-13(2,3)8-14(4,5)15-12(20)16-7-9(17)6-10(16)11(18)19/h9-10,17H,6-8H2,1-5H3,(H,15,20)(H,18,19)/t9-,10+/m1/s1. The van der Waals surface area contributed by atoms with Crippen molar-refractivity contribution in [2.45, 2.75) is 65.1 Å². The Hall–Kier alpha value is -1.30. The Morgan fingerprint density at radius 1 is 1.25 bits per heavy atom. The molecule has 0 aromatic rings. The van der Waals surface area contributed by atoms with E-state index in [1.54, 1.807) is 0 Å². The highest BCUT2D eigenvalue weighted by Crippen LogP contribution is 2.27. The van der Waals surface area contributed by atoms with Crippen molar-refractivity contribution in [2.24, 2.45) is 5.41 Å². The Bertz CT molecular complexity index is 387. The third kappa shape index (κ3) is 4.67. The lowest BCUT2D eigenvalue weighted by Crippen LogP contribution is -2.54. The highest BCUT2D eigenvalue weighted by Gasteiger charge is 2.40. The Labute approximate surface area is 120 Å². The van der Waals surface area contributed by atoms with Crippen LogP contribution in [0.2, 0.25) is 0 Å². The number of rotatable bonds is 3. The molecule has 0 bridgehead atoms. The molecule has 0 spiro atoms. The van der Waals surface area contributed by atoms with Crippen LogP contribution in [0.1, 0.15) is 47.5 Å². The number of likely N-dealkylation sites (tertiary alicyclic amines) is 1. The van der Waals surface area contributed by atoms with Crippen LogP contribution < -0.4 is 5.32 Å². The largest absolute Gasteiger partial charge is 0.480 e. The van der Waals surface area contributed by atoms with Crippen LogP contribution in [-0.2, 0) is 4.79 Å². The minimum atomic E-state index is -1.08. The van der Waals surface area contributed by atoms with E-state index in [-0.39, 0.29) is 18.4 Å². The second-order valence-corrected chi connectivity index (χ2v) is 7.45. The Morgan fingerprint density at radius 3 is 2.25 bits per heavy atom. The van der Waals surface area contributed by atoms with E-state index >= 15 is 0 Å². The van der Waals surface area contributed by atoms with Crippen LogP contribution in [0.15, 0.2) is 0 Å². The van der Waals surface area contributed by atoms with Gasteiger partial charge in [-0.3, -0.25) is 0 Å². The zero-order valence-corrected chi connectivity index (χ0v) is 12.9. The fraction of sp³-hybridized carbons (Fsp3) is 0.857. The van der Waals surface area contributed by atoms with Gasteiger partial charge in [0, 0.05) is 18.5 Å². The van der Waals surface area contributed by atoms with E-state index in [2.05, 4.69) is 26.1 Å². The second kappa shape index (κ2) is 5.60. The summed E-state index contributed by atoms with van der Waals surface area (Å²) in [5, 5.41) is 21.5. The Morgan fingerprint density at radius 2 is 1.80 bits per heavy atom. The molecule has 0 saturated carbocycles. The molecule has 2 atom stereocenters. The van der Waals surface area contributed by atoms with E-state index in [9.17, 15) is 14.7 Å². The van der Waals surface area contributed by atoms with Gasteiger partial charge in [0.05, 0.1) is 6.10 Å². The van der Waals surface area contributed by atoms with Gasteiger partial charge in [0.2, 0.25) is 0 Å². The molecule has 3 N–H and O–H groups in total. The fourth-order valence-corrected chi connectivity index (χ4v) is 3.00. The van der Waals surface area contributed by atoms with Crippen LogP contribution in [-0.4, -0.2) is 51.3 Å². The summed E-state index contributed by atoms with van der Waals surface area (Å²) in [6, 6.07) is -1.38. The molecule has 1 saturated heterocycles. The Kier molecular flexibility index (Phi) is 4.69. The molecule has 6 nitrogen and oxygen atoms in total. The summed E-state index contributed by atoms with van der Waals surface area (Å²) in [6.45, 7) is 10.1.